The molecular weight excluding hydrogens is 449 g/mol. The van der Waals surface area contributed by atoms with Crippen molar-refractivity contribution in [3.8, 4) is 10.4 Å². The third-order valence-electron chi connectivity index (χ3n) is 6.12. The van der Waals surface area contributed by atoms with Gasteiger partial charge in [0.1, 0.15) is 16.4 Å². The van der Waals surface area contributed by atoms with Crippen LogP contribution in [0.15, 0.2) is 36.4 Å². The summed E-state index contributed by atoms with van der Waals surface area (Å²) in [5.41, 5.74) is 1.65. The Hall–Kier alpha value is -3.66. The van der Waals surface area contributed by atoms with Crippen molar-refractivity contribution in [2.24, 2.45) is 0 Å². The average molecular weight is 467 g/mol. The molecule has 1 amide bonds. The number of thiophene rings is 1. The number of hydrogen-bond donors (Lipinski definition) is 1. The molecule has 1 fully saturated rings. The largest absolute Gasteiger partial charge is 0.477 e. The molecule has 0 spiro atoms. The third kappa shape index (κ3) is 3.56. The molecule has 0 aliphatic carbocycles. The predicted molar refractivity (Wildman–Crippen MR) is 118 cm³/mol. The first-order valence-corrected chi connectivity index (χ1v) is 11.3. The lowest BCUT2D eigenvalue weighted by molar-refractivity contribution is -0.385. The molecule has 5 rings (SSSR count). The van der Waals surface area contributed by atoms with Crippen LogP contribution in [0, 0.1) is 15.9 Å². The van der Waals surface area contributed by atoms with Crippen LogP contribution in [-0.2, 0) is 12.8 Å². The average Bonchev–Trinajstić information content (AvgIpc) is 3.51. The Morgan fingerprint density at radius 1 is 1.21 bits per heavy atom. The van der Waals surface area contributed by atoms with Crippen molar-refractivity contribution in [3.05, 3.63) is 79.7 Å². The van der Waals surface area contributed by atoms with Crippen LogP contribution in [0.4, 0.5) is 10.1 Å². The SMILES string of the molecule is O=C(O)c1ccc(-c2c3c(nc(CCc4ccc(F)cc4)c2[N+](=O)[O-])[C@@H]2CCCN2C3=O)s1. The van der Waals surface area contributed by atoms with Crippen molar-refractivity contribution in [2.45, 2.75) is 31.7 Å². The number of aryl methyl sites for hydroxylation is 2. The number of amides is 1. The van der Waals surface area contributed by atoms with Crippen molar-refractivity contribution >= 4 is 28.9 Å². The van der Waals surface area contributed by atoms with Crippen LogP contribution in [0.2, 0.25) is 0 Å². The lowest BCUT2D eigenvalue weighted by Crippen LogP contribution is -2.22. The summed E-state index contributed by atoms with van der Waals surface area (Å²) in [6.07, 6.45) is 2.18. The molecule has 33 heavy (non-hydrogen) atoms. The van der Waals surface area contributed by atoms with Gasteiger partial charge in [0.25, 0.3) is 11.6 Å². The van der Waals surface area contributed by atoms with Gasteiger partial charge in [0.15, 0.2) is 0 Å². The van der Waals surface area contributed by atoms with E-state index in [0.29, 0.717) is 23.5 Å². The number of carbonyl (C=O) groups excluding carboxylic acids is 1. The van der Waals surface area contributed by atoms with Crippen LogP contribution in [0.5, 0.6) is 0 Å². The number of pyridine rings is 1. The zero-order chi connectivity index (χ0) is 23.3. The Kier molecular flexibility index (Phi) is 5.16. The van der Waals surface area contributed by atoms with E-state index in [-0.39, 0.29) is 51.6 Å². The predicted octanol–water partition coefficient (Wildman–Crippen LogP) is 4.63. The fourth-order valence-electron chi connectivity index (χ4n) is 4.65. The topological polar surface area (TPSA) is 114 Å². The first-order chi connectivity index (χ1) is 15.8. The Morgan fingerprint density at radius 2 is 1.97 bits per heavy atom. The summed E-state index contributed by atoms with van der Waals surface area (Å²) in [6.45, 7) is 0.558. The molecule has 4 heterocycles. The highest BCUT2D eigenvalue weighted by atomic mass is 32.1. The van der Waals surface area contributed by atoms with E-state index in [0.717, 1.165) is 29.7 Å². The number of aromatic nitrogens is 1. The molecule has 1 N–H and O–H groups in total. The summed E-state index contributed by atoms with van der Waals surface area (Å²) in [7, 11) is 0. The van der Waals surface area contributed by atoms with E-state index in [1.165, 1.54) is 24.3 Å². The quantitative estimate of drug-likeness (QED) is 0.418. The van der Waals surface area contributed by atoms with E-state index in [1.54, 1.807) is 17.0 Å². The van der Waals surface area contributed by atoms with Gasteiger partial charge in [-0.3, -0.25) is 14.9 Å². The van der Waals surface area contributed by atoms with Gasteiger partial charge in [-0.2, -0.15) is 0 Å². The molecule has 3 aromatic rings. The molecule has 10 heteroatoms. The first-order valence-electron chi connectivity index (χ1n) is 10.4. The number of carboxylic acids is 1. The monoisotopic (exact) mass is 467 g/mol. The minimum absolute atomic E-state index is 0.0312. The molecule has 0 bridgehead atoms. The van der Waals surface area contributed by atoms with Crippen LogP contribution >= 0.6 is 11.3 Å². The summed E-state index contributed by atoms with van der Waals surface area (Å²) in [5, 5.41) is 21.6. The lowest BCUT2D eigenvalue weighted by atomic mass is 9.97. The molecule has 1 atom stereocenters. The maximum Gasteiger partial charge on any atom is 0.345 e. The third-order valence-corrected chi connectivity index (χ3v) is 7.22. The van der Waals surface area contributed by atoms with Crippen LogP contribution in [0.3, 0.4) is 0 Å². The summed E-state index contributed by atoms with van der Waals surface area (Å²) in [6, 6.07) is 8.58. The number of nitro groups is 1. The second-order valence-corrected chi connectivity index (χ2v) is 9.14. The fourth-order valence-corrected chi connectivity index (χ4v) is 5.55. The second-order valence-electron chi connectivity index (χ2n) is 8.05. The minimum atomic E-state index is -1.14. The number of hydrogen-bond acceptors (Lipinski definition) is 6. The number of benzene rings is 1. The van der Waals surface area contributed by atoms with E-state index < -0.39 is 10.9 Å². The highest BCUT2D eigenvalue weighted by Gasteiger charge is 2.46. The van der Waals surface area contributed by atoms with Gasteiger partial charge in [-0.25, -0.2) is 14.2 Å². The van der Waals surface area contributed by atoms with E-state index in [1.807, 2.05) is 0 Å². The molecule has 168 valence electrons. The fraction of sp³-hybridized carbons (Fsp3) is 0.261. The van der Waals surface area contributed by atoms with Gasteiger partial charge in [-0.15, -0.1) is 11.3 Å². The molecule has 1 aromatic carbocycles. The Labute approximate surface area is 191 Å². The number of halogens is 1. The van der Waals surface area contributed by atoms with Gasteiger partial charge in [-0.1, -0.05) is 12.1 Å². The zero-order valence-corrected chi connectivity index (χ0v) is 18.1. The van der Waals surface area contributed by atoms with E-state index in [4.69, 9.17) is 0 Å². The lowest BCUT2D eigenvalue weighted by Gasteiger charge is -2.14. The highest BCUT2D eigenvalue weighted by molar-refractivity contribution is 7.17. The smallest absolute Gasteiger partial charge is 0.345 e. The number of carbonyl (C=O) groups is 2. The van der Waals surface area contributed by atoms with Crippen molar-refractivity contribution in [2.75, 3.05) is 6.54 Å². The van der Waals surface area contributed by atoms with Gasteiger partial charge in [0, 0.05) is 17.8 Å². The minimum Gasteiger partial charge on any atom is -0.477 e. The van der Waals surface area contributed by atoms with Crippen LogP contribution in [-0.4, -0.2) is 38.3 Å². The first kappa shape index (κ1) is 21.2. The molecule has 1 saturated heterocycles. The molecule has 2 aliphatic rings. The zero-order valence-electron chi connectivity index (χ0n) is 17.3. The number of fused-ring (bicyclic) bond motifs is 3. The molecule has 0 saturated carbocycles. The van der Waals surface area contributed by atoms with Gasteiger partial charge >= 0.3 is 5.97 Å². The molecular formula is C23H18FN3O5S. The van der Waals surface area contributed by atoms with Gasteiger partial charge < -0.3 is 10.0 Å². The van der Waals surface area contributed by atoms with Crippen molar-refractivity contribution in [3.63, 3.8) is 0 Å². The number of nitrogens with zero attached hydrogens (tertiary/aromatic N) is 3. The van der Waals surface area contributed by atoms with Crippen molar-refractivity contribution in [1.29, 1.82) is 0 Å². The van der Waals surface area contributed by atoms with Gasteiger partial charge in [0.2, 0.25) is 0 Å². The molecule has 2 aromatic heterocycles. The van der Waals surface area contributed by atoms with Gasteiger partial charge in [-0.05, 0) is 49.1 Å². The summed E-state index contributed by atoms with van der Waals surface area (Å²) < 4.78 is 13.3. The van der Waals surface area contributed by atoms with E-state index in [9.17, 15) is 29.2 Å². The Balaban J connectivity index is 1.68. The van der Waals surface area contributed by atoms with Crippen molar-refractivity contribution in [1.82, 2.24) is 9.88 Å². The Morgan fingerprint density at radius 3 is 2.64 bits per heavy atom. The van der Waals surface area contributed by atoms with Gasteiger partial charge in [0.05, 0.1) is 27.8 Å². The number of rotatable bonds is 6. The normalized spacial score (nSPS) is 16.7. The van der Waals surface area contributed by atoms with Crippen LogP contribution in [0.1, 0.15) is 55.9 Å². The summed E-state index contributed by atoms with van der Waals surface area (Å²) in [5.74, 6) is -1.80. The summed E-state index contributed by atoms with van der Waals surface area (Å²) in [4.78, 5) is 43.1. The number of carboxylic acid groups (broad SMARTS) is 1. The Bertz CT molecular complexity index is 1300. The molecule has 2 aliphatic heterocycles. The molecule has 0 unspecified atom stereocenters. The van der Waals surface area contributed by atoms with E-state index in [2.05, 4.69) is 4.98 Å². The molecule has 0 radical (unpaired) electrons. The second kappa shape index (κ2) is 8.04. The molecule has 8 nitrogen and oxygen atoms in total. The van der Waals surface area contributed by atoms with Crippen molar-refractivity contribution < 1.29 is 24.0 Å². The van der Waals surface area contributed by atoms with E-state index >= 15 is 0 Å². The number of aromatic carboxylic acids is 1. The van der Waals surface area contributed by atoms with Crippen LogP contribution in [0.25, 0.3) is 10.4 Å². The standard InChI is InChI=1S/C23H18FN3O5S/c24-13-6-3-12(4-7-13)5-8-14-21(27(31)32)18(16-9-10-17(33-16)23(29)30)19-20(25-14)15-2-1-11-26(15)22(19)28/h3-4,6-7,9-10,15H,1-2,5,8,11H2,(H,29,30)/t15-/m0/s1. The summed E-state index contributed by atoms with van der Waals surface area (Å²) >= 11 is 0.902. The highest BCUT2D eigenvalue weighted by Crippen LogP contribution is 2.48. The van der Waals surface area contributed by atoms with Crippen LogP contribution < -0.4 is 0 Å². The maximum absolute atomic E-state index is 13.3. The maximum atomic E-state index is 13.3.